The maximum atomic E-state index is 5.37. The van der Waals surface area contributed by atoms with E-state index in [0.29, 0.717) is 11.0 Å². The maximum Gasteiger partial charge on any atom is 0.191 e. The van der Waals surface area contributed by atoms with Crippen LogP contribution in [0.4, 0.5) is 11.6 Å². The predicted molar refractivity (Wildman–Crippen MR) is 78.1 cm³/mol. The molecule has 0 saturated heterocycles. The first-order chi connectivity index (χ1) is 8.81. The lowest BCUT2D eigenvalue weighted by Gasteiger charge is -2.08. The molecule has 0 spiro atoms. The number of thiophene rings is 1. The summed E-state index contributed by atoms with van der Waals surface area (Å²) >= 11 is 3.20. The Kier molecular flexibility index (Phi) is 4.80. The van der Waals surface area contributed by atoms with Crippen LogP contribution in [0, 0.1) is 0 Å². The molecular weight excluding hydrogens is 266 g/mol. The van der Waals surface area contributed by atoms with Crippen LogP contribution >= 0.6 is 23.1 Å². The molecule has 0 aliphatic rings. The van der Waals surface area contributed by atoms with E-state index in [1.165, 1.54) is 17.3 Å². The van der Waals surface area contributed by atoms with Crippen LogP contribution in [0.2, 0.25) is 0 Å². The van der Waals surface area contributed by atoms with Gasteiger partial charge in [-0.05, 0) is 35.1 Å². The highest BCUT2D eigenvalue weighted by Crippen LogP contribution is 2.16. The van der Waals surface area contributed by atoms with Crippen LogP contribution in [0.15, 0.2) is 28.0 Å². The number of hydrazine groups is 1. The summed E-state index contributed by atoms with van der Waals surface area (Å²) in [5.74, 6) is 6.78. The molecule has 0 bridgehead atoms. The molecule has 4 N–H and O–H groups in total. The average molecular weight is 281 g/mol. The van der Waals surface area contributed by atoms with Crippen molar-refractivity contribution in [2.45, 2.75) is 11.6 Å². The number of hydrogen-bond donors (Lipinski definition) is 3. The van der Waals surface area contributed by atoms with E-state index in [4.69, 9.17) is 5.84 Å². The first-order valence-corrected chi connectivity index (χ1v) is 7.63. The molecule has 5 nitrogen and oxygen atoms in total. The second-order valence-electron chi connectivity index (χ2n) is 3.58. The molecule has 0 saturated carbocycles. The van der Waals surface area contributed by atoms with Crippen molar-refractivity contribution >= 4 is 34.7 Å². The average Bonchev–Trinajstić information content (AvgIpc) is 2.91. The number of hydrogen-bond acceptors (Lipinski definition) is 7. The van der Waals surface area contributed by atoms with E-state index < -0.39 is 0 Å². The fourth-order valence-corrected chi connectivity index (χ4v) is 2.53. The van der Waals surface area contributed by atoms with Gasteiger partial charge >= 0.3 is 0 Å². The molecule has 0 unspecified atom stereocenters. The Morgan fingerprint density at radius 2 is 2.22 bits per heavy atom. The molecular formula is C11H15N5S2. The lowest BCUT2D eigenvalue weighted by atomic mass is 10.2. The lowest BCUT2D eigenvalue weighted by Crippen LogP contribution is -2.12. The molecule has 0 aliphatic heterocycles. The van der Waals surface area contributed by atoms with Crippen LogP contribution in [0.5, 0.6) is 0 Å². The number of aromatic nitrogens is 2. The second kappa shape index (κ2) is 6.58. The van der Waals surface area contributed by atoms with Crippen molar-refractivity contribution in [2.75, 3.05) is 23.5 Å². The number of anilines is 2. The molecule has 96 valence electrons. The number of rotatable bonds is 6. The Labute approximate surface area is 114 Å². The van der Waals surface area contributed by atoms with Gasteiger partial charge in [-0.3, -0.25) is 0 Å². The molecule has 7 heteroatoms. The molecule has 2 aromatic rings. The summed E-state index contributed by atoms with van der Waals surface area (Å²) in [5.41, 5.74) is 3.88. The van der Waals surface area contributed by atoms with Gasteiger partial charge in [0.05, 0.1) is 0 Å². The summed E-state index contributed by atoms with van der Waals surface area (Å²) in [6, 6.07) is 3.93. The Morgan fingerprint density at radius 3 is 2.89 bits per heavy atom. The van der Waals surface area contributed by atoms with E-state index in [-0.39, 0.29) is 0 Å². The van der Waals surface area contributed by atoms with Crippen molar-refractivity contribution in [3.63, 3.8) is 0 Å². The van der Waals surface area contributed by atoms with Gasteiger partial charge in [0.15, 0.2) is 5.16 Å². The third kappa shape index (κ3) is 3.59. The fourth-order valence-electron chi connectivity index (χ4n) is 1.45. The van der Waals surface area contributed by atoms with E-state index in [2.05, 4.69) is 37.5 Å². The topological polar surface area (TPSA) is 75.9 Å². The number of nitrogens with zero attached hydrogens (tertiary/aromatic N) is 2. The summed E-state index contributed by atoms with van der Waals surface area (Å²) in [6.07, 6.45) is 2.91. The van der Waals surface area contributed by atoms with Crippen LogP contribution in [0.1, 0.15) is 5.56 Å². The van der Waals surface area contributed by atoms with Gasteiger partial charge in [0.2, 0.25) is 0 Å². The minimum absolute atomic E-state index is 0.618. The molecule has 2 heterocycles. The fraction of sp³-hybridized carbons (Fsp3) is 0.273. The van der Waals surface area contributed by atoms with Crippen molar-refractivity contribution in [1.29, 1.82) is 0 Å². The van der Waals surface area contributed by atoms with Crippen LogP contribution in [0.3, 0.4) is 0 Å². The molecule has 0 atom stereocenters. The van der Waals surface area contributed by atoms with Gasteiger partial charge in [-0.25, -0.2) is 15.8 Å². The van der Waals surface area contributed by atoms with Gasteiger partial charge in [-0.1, -0.05) is 11.8 Å². The maximum absolute atomic E-state index is 5.37. The van der Waals surface area contributed by atoms with Crippen molar-refractivity contribution in [3.05, 3.63) is 28.5 Å². The zero-order valence-electron chi connectivity index (χ0n) is 10.0. The number of nitrogen functional groups attached to an aromatic ring is 1. The van der Waals surface area contributed by atoms with Crippen molar-refractivity contribution < 1.29 is 0 Å². The summed E-state index contributed by atoms with van der Waals surface area (Å²) in [5, 5.41) is 8.21. The van der Waals surface area contributed by atoms with E-state index in [1.54, 1.807) is 17.4 Å². The van der Waals surface area contributed by atoms with Gasteiger partial charge in [0, 0.05) is 12.6 Å². The second-order valence-corrected chi connectivity index (χ2v) is 5.13. The largest absolute Gasteiger partial charge is 0.370 e. The first kappa shape index (κ1) is 13.1. The summed E-state index contributed by atoms with van der Waals surface area (Å²) in [4.78, 5) is 8.57. The van der Waals surface area contributed by atoms with Crippen LogP contribution < -0.4 is 16.6 Å². The summed E-state index contributed by atoms with van der Waals surface area (Å²) in [6.45, 7) is 0.839. The molecule has 0 amide bonds. The highest BCUT2D eigenvalue weighted by atomic mass is 32.2. The van der Waals surface area contributed by atoms with E-state index in [0.717, 1.165) is 18.8 Å². The first-order valence-electron chi connectivity index (χ1n) is 5.46. The smallest absolute Gasteiger partial charge is 0.191 e. The molecule has 2 rings (SSSR count). The van der Waals surface area contributed by atoms with Crippen LogP contribution in [-0.4, -0.2) is 22.8 Å². The van der Waals surface area contributed by atoms with Crippen molar-refractivity contribution in [1.82, 2.24) is 9.97 Å². The lowest BCUT2D eigenvalue weighted by molar-refractivity contribution is 0.940. The van der Waals surface area contributed by atoms with Gasteiger partial charge in [0.1, 0.15) is 11.6 Å². The minimum Gasteiger partial charge on any atom is -0.370 e. The van der Waals surface area contributed by atoms with Gasteiger partial charge < -0.3 is 10.7 Å². The monoisotopic (exact) mass is 281 g/mol. The van der Waals surface area contributed by atoms with Crippen molar-refractivity contribution in [3.8, 4) is 0 Å². The Hall–Kier alpha value is -1.31. The van der Waals surface area contributed by atoms with Crippen molar-refractivity contribution in [2.24, 2.45) is 5.84 Å². The molecule has 0 fully saturated rings. The van der Waals surface area contributed by atoms with Gasteiger partial charge in [0.25, 0.3) is 0 Å². The molecule has 2 aromatic heterocycles. The predicted octanol–water partition coefficient (Wildman–Crippen LogP) is 2.20. The normalized spacial score (nSPS) is 10.3. The van der Waals surface area contributed by atoms with Crippen LogP contribution in [0.25, 0.3) is 0 Å². The zero-order valence-corrected chi connectivity index (χ0v) is 11.6. The SMILES string of the molecule is CSc1nc(NN)cc(NCCc2ccsc2)n1. The number of thioether (sulfide) groups is 1. The number of nitrogens with two attached hydrogens (primary N) is 1. The minimum atomic E-state index is 0.618. The highest BCUT2D eigenvalue weighted by molar-refractivity contribution is 7.98. The third-order valence-electron chi connectivity index (χ3n) is 2.34. The van der Waals surface area contributed by atoms with E-state index in [9.17, 15) is 0 Å². The quantitative estimate of drug-likeness (QED) is 0.326. The van der Waals surface area contributed by atoms with E-state index in [1.807, 2.05) is 6.26 Å². The highest BCUT2D eigenvalue weighted by Gasteiger charge is 2.02. The standard InChI is InChI=1S/C11H15N5S2/c1-17-11-14-9(6-10(15-11)16-12)13-4-2-8-3-5-18-7-8/h3,5-7H,2,4,12H2,1H3,(H2,13,14,15,16). The Morgan fingerprint density at radius 1 is 1.39 bits per heavy atom. The summed E-state index contributed by atoms with van der Waals surface area (Å²) < 4.78 is 0. The molecule has 0 aromatic carbocycles. The van der Waals surface area contributed by atoms with E-state index >= 15 is 0 Å². The number of nitrogens with one attached hydrogen (secondary N) is 2. The van der Waals surface area contributed by atoms with Crippen LogP contribution in [-0.2, 0) is 6.42 Å². The molecule has 0 aliphatic carbocycles. The molecule has 18 heavy (non-hydrogen) atoms. The Balaban J connectivity index is 1.95. The van der Waals surface area contributed by atoms with Gasteiger partial charge in [-0.15, -0.1) is 0 Å². The van der Waals surface area contributed by atoms with Gasteiger partial charge in [-0.2, -0.15) is 11.3 Å². The zero-order chi connectivity index (χ0) is 12.8. The third-order valence-corrected chi connectivity index (χ3v) is 3.62. The summed E-state index contributed by atoms with van der Waals surface area (Å²) in [7, 11) is 0. The Bertz CT molecular complexity index is 464. The molecule has 0 radical (unpaired) electrons.